The predicted octanol–water partition coefficient (Wildman–Crippen LogP) is 3.74. The molecule has 0 aliphatic carbocycles. The summed E-state index contributed by atoms with van der Waals surface area (Å²) in [4.78, 5) is 22.8. The summed E-state index contributed by atoms with van der Waals surface area (Å²) >= 11 is 0. The van der Waals surface area contributed by atoms with E-state index >= 15 is 0 Å². The van der Waals surface area contributed by atoms with Crippen molar-refractivity contribution in [1.29, 1.82) is 0 Å². The summed E-state index contributed by atoms with van der Waals surface area (Å²) in [5, 5.41) is 2.72. The van der Waals surface area contributed by atoms with E-state index in [0.29, 0.717) is 23.6 Å². The number of ether oxygens (including phenoxy) is 1. The van der Waals surface area contributed by atoms with Crippen molar-refractivity contribution in [3.63, 3.8) is 0 Å². The summed E-state index contributed by atoms with van der Waals surface area (Å²) in [7, 11) is 0. The molecule has 0 aliphatic rings. The van der Waals surface area contributed by atoms with Gasteiger partial charge in [-0.05, 0) is 43.2 Å². The summed E-state index contributed by atoms with van der Waals surface area (Å²) < 4.78 is 5.83. The number of anilines is 1. The third-order valence-corrected chi connectivity index (χ3v) is 3.34. The number of hydrogen-bond donors (Lipinski definition) is 1. The van der Waals surface area contributed by atoms with E-state index in [9.17, 15) is 9.59 Å². The zero-order valence-corrected chi connectivity index (χ0v) is 13.0. The lowest BCUT2D eigenvalue weighted by molar-refractivity contribution is -0.114. The molecule has 2 aromatic carbocycles. The van der Waals surface area contributed by atoms with E-state index in [1.165, 1.54) is 13.8 Å². The van der Waals surface area contributed by atoms with Crippen LogP contribution in [0.2, 0.25) is 0 Å². The fraction of sp³-hybridized carbons (Fsp3) is 0.222. The molecule has 0 atom stereocenters. The van der Waals surface area contributed by atoms with Crippen molar-refractivity contribution in [2.75, 3.05) is 5.32 Å². The molecule has 1 amide bonds. The van der Waals surface area contributed by atoms with Crippen LogP contribution in [0.4, 0.5) is 5.69 Å². The lowest BCUT2D eigenvalue weighted by Crippen LogP contribution is -2.09. The molecule has 0 aliphatic heterocycles. The van der Waals surface area contributed by atoms with Gasteiger partial charge in [-0.2, -0.15) is 0 Å². The van der Waals surface area contributed by atoms with E-state index < -0.39 is 0 Å². The lowest BCUT2D eigenvalue weighted by atomic mass is 10.1. The number of amides is 1. The summed E-state index contributed by atoms with van der Waals surface area (Å²) in [6.45, 7) is 5.32. The predicted molar refractivity (Wildman–Crippen MR) is 86.3 cm³/mol. The first-order valence-corrected chi connectivity index (χ1v) is 7.07. The highest BCUT2D eigenvalue weighted by Gasteiger charge is 2.10. The highest BCUT2D eigenvalue weighted by Crippen LogP contribution is 2.27. The fourth-order valence-electron chi connectivity index (χ4n) is 2.08. The van der Waals surface area contributed by atoms with Crippen LogP contribution in [-0.4, -0.2) is 11.7 Å². The van der Waals surface area contributed by atoms with Crippen LogP contribution in [0.3, 0.4) is 0 Å². The van der Waals surface area contributed by atoms with Gasteiger partial charge in [0.05, 0.1) is 5.69 Å². The molecule has 0 heterocycles. The Balaban J connectivity index is 2.26. The molecule has 2 rings (SSSR count). The van der Waals surface area contributed by atoms with Crippen LogP contribution in [0.25, 0.3) is 0 Å². The van der Waals surface area contributed by atoms with Crippen molar-refractivity contribution >= 4 is 17.4 Å². The van der Waals surface area contributed by atoms with Crippen molar-refractivity contribution in [2.24, 2.45) is 0 Å². The number of ketones is 1. The van der Waals surface area contributed by atoms with Gasteiger partial charge in [-0.3, -0.25) is 9.59 Å². The molecule has 0 saturated carbocycles. The van der Waals surface area contributed by atoms with Crippen LogP contribution < -0.4 is 10.1 Å². The number of nitrogens with one attached hydrogen (secondary N) is 1. The maximum absolute atomic E-state index is 11.5. The van der Waals surface area contributed by atoms with Gasteiger partial charge in [0, 0.05) is 12.5 Å². The number of hydrogen-bond acceptors (Lipinski definition) is 3. The molecule has 0 bridgehead atoms. The number of benzene rings is 2. The molecule has 2 aromatic rings. The normalized spacial score (nSPS) is 10.1. The first-order valence-electron chi connectivity index (χ1n) is 7.07. The van der Waals surface area contributed by atoms with Crippen LogP contribution in [0.5, 0.6) is 5.75 Å². The maximum atomic E-state index is 11.5. The number of Topliss-reactive ketones (excluding diaryl/α,β-unsaturated/α-hetero) is 1. The summed E-state index contributed by atoms with van der Waals surface area (Å²) in [6.07, 6.45) is 0. The number of rotatable bonds is 5. The Bertz CT molecular complexity index is 707. The molecule has 0 aromatic heterocycles. The first kappa shape index (κ1) is 15.8. The van der Waals surface area contributed by atoms with Gasteiger partial charge in [0.2, 0.25) is 5.91 Å². The molecular formula is C18H19NO3. The van der Waals surface area contributed by atoms with Gasteiger partial charge in [0.25, 0.3) is 0 Å². The lowest BCUT2D eigenvalue weighted by Gasteiger charge is -2.14. The second kappa shape index (κ2) is 6.89. The van der Waals surface area contributed by atoms with Crippen molar-refractivity contribution in [3.8, 4) is 5.75 Å². The zero-order valence-electron chi connectivity index (χ0n) is 13.0. The van der Waals surface area contributed by atoms with E-state index in [-0.39, 0.29) is 11.7 Å². The van der Waals surface area contributed by atoms with Crippen molar-refractivity contribution < 1.29 is 14.3 Å². The smallest absolute Gasteiger partial charge is 0.221 e. The molecule has 0 saturated heterocycles. The Hall–Kier alpha value is -2.62. The van der Waals surface area contributed by atoms with Crippen LogP contribution >= 0.6 is 0 Å². The summed E-state index contributed by atoms with van der Waals surface area (Å²) in [6, 6.07) is 12.9. The molecular weight excluding hydrogens is 278 g/mol. The topological polar surface area (TPSA) is 55.4 Å². The van der Waals surface area contributed by atoms with Gasteiger partial charge >= 0.3 is 0 Å². The molecule has 0 spiro atoms. The second-order valence-electron chi connectivity index (χ2n) is 5.16. The summed E-state index contributed by atoms with van der Waals surface area (Å²) in [5.41, 5.74) is 3.30. The Labute approximate surface area is 130 Å². The second-order valence-corrected chi connectivity index (χ2v) is 5.16. The van der Waals surface area contributed by atoms with Crippen LogP contribution in [0, 0.1) is 6.92 Å². The largest absolute Gasteiger partial charge is 0.487 e. The Kier molecular flexibility index (Phi) is 4.94. The van der Waals surface area contributed by atoms with Gasteiger partial charge in [0.1, 0.15) is 12.4 Å². The zero-order chi connectivity index (χ0) is 16.1. The van der Waals surface area contributed by atoms with Gasteiger partial charge in [-0.15, -0.1) is 0 Å². The van der Waals surface area contributed by atoms with Crippen LogP contribution in [0.1, 0.15) is 35.3 Å². The highest BCUT2D eigenvalue weighted by atomic mass is 16.5. The van der Waals surface area contributed by atoms with E-state index in [1.807, 2.05) is 31.2 Å². The highest BCUT2D eigenvalue weighted by molar-refractivity contribution is 5.96. The number of carbonyl (C=O) groups is 2. The minimum atomic E-state index is -0.184. The SMILES string of the molecule is CC(=O)Nc1ccc(C(C)=O)cc1OCc1ccccc1C. The van der Waals surface area contributed by atoms with Gasteiger partial charge in [-0.1, -0.05) is 24.3 Å². The number of carbonyl (C=O) groups excluding carboxylic acids is 2. The summed E-state index contributed by atoms with van der Waals surface area (Å²) in [5.74, 6) is 0.262. The average molecular weight is 297 g/mol. The standard InChI is InChI=1S/C18H19NO3/c1-12-6-4-5-7-16(12)11-22-18-10-15(13(2)20)8-9-17(18)19-14(3)21/h4-10H,11H2,1-3H3,(H,19,21). The van der Waals surface area contributed by atoms with Crippen molar-refractivity contribution in [2.45, 2.75) is 27.4 Å². The van der Waals surface area contributed by atoms with Crippen molar-refractivity contribution in [1.82, 2.24) is 0 Å². The minimum absolute atomic E-state index is 0.0462. The quantitative estimate of drug-likeness (QED) is 0.855. The maximum Gasteiger partial charge on any atom is 0.221 e. The molecule has 0 fully saturated rings. The van der Waals surface area contributed by atoms with E-state index in [0.717, 1.165) is 11.1 Å². The molecule has 22 heavy (non-hydrogen) atoms. The monoisotopic (exact) mass is 297 g/mol. The van der Waals surface area contributed by atoms with Crippen LogP contribution in [0.15, 0.2) is 42.5 Å². The average Bonchev–Trinajstić information content (AvgIpc) is 2.47. The van der Waals surface area contributed by atoms with Gasteiger partial charge in [0.15, 0.2) is 5.78 Å². The van der Waals surface area contributed by atoms with Crippen LogP contribution in [-0.2, 0) is 11.4 Å². The Morgan fingerprint density at radius 3 is 2.45 bits per heavy atom. The molecule has 1 N–H and O–H groups in total. The third-order valence-electron chi connectivity index (χ3n) is 3.34. The van der Waals surface area contributed by atoms with Crippen molar-refractivity contribution in [3.05, 3.63) is 59.2 Å². The minimum Gasteiger partial charge on any atom is -0.487 e. The third kappa shape index (κ3) is 3.95. The van der Waals surface area contributed by atoms with E-state index in [4.69, 9.17) is 4.74 Å². The molecule has 4 heteroatoms. The first-order chi connectivity index (χ1) is 10.5. The fourth-order valence-corrected chi connectivity index (χ4v) is 2.08. The molecule has 4 nitrogen and oxygen atoms in total. The molecule has 0 radical (unpaired) electrons. The van der Waals surface area contributed by atoms with E-state index in [1.54, 1.807) is 18.2 Å². The molecule has 114 valence electrons. The molecule has 0 unspecified atom stereocenters. The number of aryl methyl sites for hydroxylation is 1. The van der Waals surface area contributed by atoms with Gasteiger partial charge in [-0.25, -0.2) is 0 Å². The Morgan fingerprint density at radius 1 is 1.09 bits per heavy atom. The van der Waals surface area contributed by atoms with E-state index in [2.05, 4.69) is 5.32 Å². The van der Waals surface area contributed by atoms with Gasteiger partial charge < -0.3 is 10.1 Å². The Morgan fingerprint density at radius 2 is 1.82 bits per heavy atom.